The lowest BCUT2D eigenvalue weighted by Crippen LogP contribution is -2.45. The molecule has 2 saturated heterocycles. The largest absolute Gasteiger partial charge is 0.342 e. The van der Waals surface area contributed by atoms with Crippen molar-refractivity contribution in [1.82, 2.24) is 13.8 Å². The van der Waals surface area contributed by atoms with Crippen molar-refractivity contribution in [3.63, 3.8) is 0 Å². The average Bonchev–Trinajstić information content (AvgIpc) is 3.08. The first-order chi connectivity index (χ1) is 14.4. The number of fused-ring (bicyclic) bond motifs is 1. The summed E-state index contributed by atoms with van der Waals surface area (Å²) in [6.07, 6.45) is 5.28. The Morgan fingerprint density at radius 3 is 2.47 bits per heavy atom. The van der Waals surface area contributed by atoms with Crippen LogP contribution in [0.4, 0.5) is 0 Å². The van der Waals surface area contributed by atoms with Crippen molar-refractivity contribution in [3.8, 4) is 0 Å². The number of sulfonamides is 1. The summed E-state index contributed by atoms with van der Waals surface area (Å²) in [6, 6.07) is 4.96. The van der Waals surface area contributed by atoms with E-state index in [0.29, 0.717) is 37.2 Å². The summed E-state index contributed by atoms with van der Waals surface area (Å²) in [6.45, 7) is 5.02. The first kappa shape index (κ1) is 21.5. The molecule has 0 unspecified atom stereocenters. The van der Waals surface area contributed by atoms with Crippen LogP contribution in [-0.2, 0) is 21.4 Å². The van der Waals surface area contributed by atoms with E-state index in [0.717, 1.165) is 49.2 Å². The highest BCUT2D eigenvalue weighted by Crippen LogP contribution is 2.28. The normalized spacial score (nSPS) is 19.4. The fraction of sp³-hybridized carbons (Fsp3) is 0.619. The molecular weight excluding hydrogens is 422 g/mol. The highest BCUT2D eigenvalue weighted by atomic mass is 32.2. The molecule has 164 valence electrons. The highest BCUT2D eigenvalue weighted by molar-refractivity contribution is 7.89. The third-order valence-corrected chi connectivity index (χ3v) is 9.03. The van der Waals surface area contributed by atoms with Crippen molar-refractivity contribution < 1.29 is 13.2 Å². The van der Waals surface area contributed by atoms with Crippen LogP contribution >= 0.6 is 11.3 Å². The molecule has 2 aliphatic heterocycles. The summed E-state index contributed by atoms with van der Waals surface area (Å²) in [5.41, 5.74) is 0.789. The van der Waals surface area contributed by atoms with Gasteiger partial charge in [0.15, 0.2) is 0 Å². The minimum absolute atomic E-state index is 0.0570. The van der Waals surface area contributed by atoms with Crippen molar-refractivity contribution in [2.75, 3.05) is 26.2 Å². The second-order valence-corrected chi connectivity index (χ2v) is 11.1. The van der Waals surface area contributed by atoms with Crippen LogP contribution in [0.25, 0.3) is 10.2 Å². The van der Waals surface area contributed by atoms with Gasteiger partial charge in [-0.2, -0.15) is 4.31 Å². The average molecular weight is 452 g/mol. The van der Waals surface area contributed by atoms with E-state index in [1.807, 2.05) is 11.8 Å². The van der Waals surface area contributed by atoms with Gasteiger partial charge in [-0.25, -0.2) is 8.42 Å². The number of hydrogen-bond acceptors (Lipinski definition) is 5. The van der Waals surface area contributed by atoms with E-state index in [9.17, 15) is 18.0 Å². The Bertz CT molecular complexity index is 1080. The number of thiazole rings is 1. The number of carbonyl (C=O) groups excluding carboxylic acids is 1. The number of likely N-dealkylation sites (tertiary alicyclic amines) is 1. The number of rotatable bonds is 5. The van der Waals surface area contributed by atoms with Crippen LogP contribution in [-0.4, -0.2) is 54.3 Å². The van der Waals surface area contributed by atoms with Crippen LogP contribution in [0.5, 0.6) is 0 Å². The molecule has 2 fully saturated rings. The molecule has 2 aliphatic rings. The quantitative estimate of drug-likeness (QED) is 0.700. The van der Waals surface area contributed by atoms with Gasteiger partial charge in [-0.1, -0.05) is 18.3 Å². The van der Waals surface area contributed by atoms with Gasteiger partial charge in [0.25, 0.3) is 0 Å². The van der Waals surface area contributed by atoms with Gasteiger partial charge in [-0.05, 0) is 56.7 Å². The van der Waals surface area contributed by atoms with Crippen molar-refractivity contribution in [2.45, 2.75) is 56.9 Å². The van der Waals surface area contributed by atoms with Crippen molar-refractivity contribution >= 4 is 37.5 Å². The maximum atomic E-state index is 13.2. The van der Waals surface area contributed by atoms with Gasteiger partial charge >= 0.3 is 4.87 Å². The third kappa shape index (κ3) is 4.07. The molecule has 4 rings (SSSR count). The molecule has 1 amide bonds. The van der Waals surface area contributed by atoms with Crippen LogP contribution in [0.15, 0.2) is 27.9 Å². The molecule has 1 aromatic heterocycles. The molecule has 0 saturated carbocycles. The molecule has 3 heterocycles. The predicted molar refractivity (Wildman–Crippen MR) is 118 cm³/mol. The van der Waals surface area contributed by atoms with Crippen molar-refractivity contribution in [1.29, 1.82) is 0 Å². The molecule has 0 radical (unpaired) electrons. The van der Waals surface area contributed by atoms with Gasteiger partial charge < -0.3 is 4.90 Å². The Morgan fingerprint density at radius 2 is 1.80 bits per heavy atom. The van der Waals surface area contributed by atoms with Gasteiger partial charge in [0, 0.05) is 38.6 Å². The van der Waals surface area contributed by atoms with Crippen LogP contribution in [0.1, 0.15) is 45.4 Å². The fourth-order valence-corrected chi connectivity index (χ4v) is 7.03. The van der Waals surface area contributed by atoms with Crippen LogP contribution in [0.2, 0.25) is 0 Å². The van der Waals surface area contributed by atoms with Gasteiger partial charge in [-0.3, -0.25) is 14.2 Å². The number of carbonyl (C=O) groups is 1. The lowest BCUT2D eigenvalue weighted by Gasteiger charge is -2.35. The molecule has 0 bridgehead atoms. The van der Waals surface area contributed by atoms with Crippen molar-refractivity contribution in [2.24, 2.45) is 5.92 Å². The molecule has 2 aromatic rings. The van der Waals surface area contributed by atoms with Crippen LogP contribution in [0, 0.1) is 5.92 Å². The topological polar surface area (TPSA) is 79.7 Å². The number of aromatic nitrogens is 1. The van der Waals surface area contributed by atoms with Crippen LogP contribution in [0.3, 0.4) is 0 Å². The summed E-state index contributed by atoms with van der Waals surface area (Å²) in [5, 5.41) is 0. The summed E-state index contributed by atoms with van der Waals surface area (Å²) < 4.78 is 30.2. The second kappa shape index (κ2) is 8.80. The number of aryl methyl sites for hydroxylation is 1. The first-order valence-electron chi connectivity index (χ1n) is 10.8. The molecule has 0 aliphatic carbocycles. The molecule has 30 heavy (non-hydrogen) atoms. The zero-order valence-electron chi connectivity index (χ0n) is 17.4. The minimum atomic E-state index is -3.64. The van der Waals surface area contributed by atoms with Gasteiger partial charge in [0.05, 0.1) is 15.1 Å². The molecule has 1 aromatic carbocycles. The van der Waals surface area contributed by atoms with E-state index in [-0.39, 0.29) is 21.6 Å². The van der Waals surface area contributed by atoms with Gasteiger partial charge in [0.2, 0.25) is 15.9 Å². The SMILES string of the molecule is CCCn1c(=O)sc2cc(S(=O)(=O)N3CCC(C(=O)N4CCCCC4)CC3)ccc21. The monoisotopic (exact) mass is 451 g/mol. The molecular formula is C21H29N3O4S2. The summed E-state index contributed by atoms with van der Waals surface area (Å²) in [5.74, 6) is 0.112. The summed E-state index contributed by atoms with van der Waals surface area (Å²) >= 11 is 1.09. The molecule has 9 heteroatoms. The zero-order chi connectivity index (χ0) is 21.3. The fourth-order valence-electron chi connectivity index (χ4n) is 4.51. The predicted octanol–water partition coefficient (Wildman–Crippen LogP) is 2.89. The maximum Gasteiger partial charge on any atom is 0.308 e. The first-order valence-corrected chi connectivity index (χ1v) is 13.1. The lowest BCUT2D eigenvalue weighted by atomic mass is 9.95. The Hall–Kier alpha value is -1.71. The lowest BCUT2D eigenvalue weighted by molar-refractivity contribution is -0.137. The van der Waals surface area contributed by atoms with Crippen LogP contribution < -0.4 is 4.87 Å². The number of amides is 1. The number of benzene rings is 1. The molecule has 0 N–H and O–H groups in total. The number of nitrogens with zero attached hydrogens (tertiary/aromatic N) is 3. The molecule has 0 atom stereocenters. The van der Waals surface area contributed by atoms with E-state index in [4.69, 9.17) is 0 Å². The van der Waals surface area contributed by atoms with E-state index < -0.39 is 10.0 Å². The van der Waals surface area contributed by atoms with Gasteiger partial charge in [-0.15, -0.1) is 0 Å². The van der Waals surface area contributed by atoms with Gasteiger partial charge in [0.1, 0.15) is 0 Å². The number of hydrogen-bond donors (Lipinski definition) is 0. The number of piperidine rings is 2. The molecule has 7 nitrogen and oxygen atoms in total. The summed E-state index contributed by atoms with van der Waals surface area (Å²) in [7, 11) is -3.64. The Balaban J connectivity index is 1.48. The Labute approximate surface area is 181 Å². The Morgan fingerprint density at radius 1 is 1.10 bits per heavy atom. The smallest absolute Gasteiger partial charge is 0.308 e. The maximum absolute atomic E-state index is 13.2. The standard InChI is InChI=1S/C21H29N3O4S2/c1-2-10-24-18-7-6-17(15-19(18)29-21(24)26)30(27,28)23-13-8-16(9-14-23)20(25)22-11-4-3-5-12-22/h6-7,15-16H,2-5,8-14H2,1H3. The second-order valence-electron chi connectivity index (χ2n) is 8.21. The summed E-state index contributed by atoms with van der Waals surface area (Å²) in [4.78, 5) is 27.1. The van der Waals surface area contributed by atoms with E-state index >= 15 is 0 Å². The van der Waals surface area contributed by atoms with Crippen molar-refractivity contribution in [3.05, 3.63) is 27.9 Å². The third-order valence-electron chi connectivity index (χ3n) is 6.20. The minimum Gasteiger partial charge on any atom is -0.342 e. The Kier molecular flexibility index (Phi) is 6.31. The highest BCUT2D eigenvalue weighted by Gasteiger charge is 2.34. The van der Waals surface area contributed by atoms with E-state index in [1.54, 1.807) is 22.8 Å². The zero-order valence-corrected chi connectivity index (χ0v) is 19.0. The van der Waals surface area contributed by atoms with E-state index in [1.165, 1.54) is 10.7 Å². The van der Waals surface area contributed by atoms with E-state index in [2.05, 4.69) is 0 Å². The molecule has 0 spiro atoms.